The lowest BCUT2D eigenvalue weighted by molar-refractivity contribution is 0.102. The standard InChI is InChI=1S/C18H13FN2O3S/c1-10-16(11-2-5-13(19)6-3-11)20-18(25-10)21-17(22)12-4-7-14-15(8-12)24-9-23-14/h2-8H,9H2,1H3,(H,20,21,22). The minimum atomic E-state index is -0.298. The maximum Gasteiger partial charge on any atom is 0.257 e. The van der Waals surface area contributed by atoms with Crippen molar-refractivity contribution in [3.05, 3.63) is 58.7 Å². The molecule has 0 spiro atoms. The largest absolute Gasteiger partial charge is 0.454 e. The quantitative estimate of drug-likeness (QED) is 0.763. The zero-order valence-electron chi connectivity index (χ0n) is 13.2. The van der Waals surface area contributed by atoms with Crippen LogP contribution in [0.25, 0.3) is 11.3 Å². The van der Waals surface area contributed by atoms with Gasteiger partial charge in [0.2, 0.25) is 6.79 Å². The maximum absolute atomic E-state index is 13.1. The monoisotopic (exact) mass is 356 g/mol. The summed E-state index contributed by atoms with van der Waals surface area (Å²) in [6.07, 6.45) is 0. The number of hydrogen-bond acceptors (Lipinski definition) is 5. The highest BCUT2D eigenvalue weighted by Crippen LogP contribution is 2.34. The first-order chi connectivity index (χ1) is 12.1. The third-order valence-corrected chi connectivity index (χ3v) is 4.66. The predicted molar refractivity (Wildman–Crippen MR) is 92.8 cm³/mol. The van der Waals surface area contributed by atoms with E-state index >= 15 is 0 Å². The van der Waals surface area contributed by atoms with Crippen molar-refractivity contribution in [2.24, 2.45) is 0 Å². The van der Waals surface area contributed by atoms with Gasteiger partial charge in [0.25, 0.3) is 5.91 Å². The van der Waals surface area contributed by atoms with Crippen LogP contribution < -0.4 is 14.8 Å². The number of nitrogens with zero attached hydrogens (tertiary/aromatic N) is 1. The zero-order valence-corrected chi connectivity index (χ0v) is 14.0. The molecule has 0 fully saturated rings. The van der Waals surface area contributed by atoms with E-state index in [1.165, 1.54) is 23.5 Å². The van der Waals surface area contributed by atoms with Crippen molar-refractivity contribution in [3.63, 3.8) is 0 Å². The number of hydrogen-bond donors (Lipinski definition) is 1. The van der Waals surface area contributed by atoms with Crippen LogP contribution in [0.3, 0.4) is 0 Å². The molecule has 0 radical (unpaired) electrons. The molecule has 5 nitrogen and oxygen atoms in total. The van der Waals surface area contributed by atoms with Crippen LogP contribution in [0.1, 0.15) is 15.2 Å². The van der Waals surface area contributed by atoms with Gasteiger partial charge in [-0.15, -0.1) is 11.3 Å². The number of carbonyl (C=O) groups excluding carboxylic acids is 1. The molecule has 1 N–H and O–H groups in total. The Morgan fingerprint density at radius 1 is 1.16 bits per heavy atom. The predicted octanol–water partition coefficient (Wildman–Crippen LogP) is 4.24. The molecule has 4 rings (SSSR count). The number of halogens is 1. The smallest absolute Gasteiger partial charge is 0.257 e. The minimum Gasteiger partial charge on any atom is -0.454 e. The molecule has 1 aliphatic rings. The number of aromatic nitrogens is 1. The van der Waals surface area contributed by atoms with Crippen molar-refractivity contribution < 1.29 is 18.7 Å². The van der Waals surface area contributed by atoms with Gasteiger partial charge >= 0.3 is 0 Å². The van der Waals surface area contributed by atoms with Crippen molar-refractivity contribution >= 4 is 22.4 Å². The minimum absolute atomic E-state index is 0.160. The Morgan fingerprint density at radius 3 is 2.72 bits per heavy atom. The number of aryl methyl sites for hydroxylation is 1. The highest BCUT2D eigenvalue weighted by atomic mass is 32.1. The first kappa shape index (κ1) is 15.6. The third-order valence-electron chi connectivity index (χ3n) is 3.77. The van der Waals surface area contributed by atoms with Crippen LogP contribution in [0.15, 0.2) is 42.5 Å². The SMILES string of the molecule is Cc1sc(NC(=O)c2ccc3c(c2)OCO3)nc1-c1ccc(F)cc1. The van der Waals surface area contributed by atoms with Crippen LogP contribution in [0.4, 0.5) is 9.52 Å². The number of anilines is 1. The second-order valence-electron chi connectivity index (χ2n) is 5.45. The Labute approximate surface area is 147 Å². The van der Waals surface area contributed by atoms with Crippen molar-refractivity contribution in [1.82, 2.24) is 4.98 Å². The third kappa shape index (κ3) is 3.06. The number of carbonyl (C=O) groups is 1. The summed E-state index contributed by atoms with van der Waals surface area (Å²) in [5, 5.41) is 3.28. The molecule has 126 valence electrons. The van der Waals surface area contributed by atoms with E-state index in [4.69, 9.17) is 9.47 Å². The molecule has 0 unspecified atom stereocenters. The Balaban J connectivity index is 1.56. The molecule has 3 aromatic rings. The van der Waals surface area contributed by atoms with Crippen LogP contribution >= 0.6 is 11.3 Å². The van der Waals surface area contributed by atoms with E-state index in [1.54, 1.807) is 30.3 Å². The van der Waals surface area contributed by atoms with Gasteiger partial charge in [-0.3, -0.25) is 10.1 Å². The Bertz CT molecular complexity index is 953. The molecule has 0 bridgehead atoms. The number of rotatable bonds is 3. The van der Waals surface area contributed by atoms with Gasteiger partial charge in [0.1, 0.15) is 5.82 Å². The first-order valence-electron chi connectivity index (χ1n) is 7.54. The number of nitrogens with one attached hydrogen (secondary N) is 1. The molecule has 25 heavy (non-hydrogen) atoms. The van der Waals surface area contributed by atoms with Gasteiger partial charge in [-0.25, -0.2) is 9.37 Å². The number of thiazole rings is 1. The van der Waals surface area contributed by atoms with E-state index in [9.17, 15) is 9.18 Å². The number of fused-ring (bicyclic) bond motifs is 1. The van der Waals surface area contributed by atoms with Gasteiger partial charge in [0, 0.05) is 16.0 Å². The van der Waals surface area contributed by atoms with Crippen LogP contribution in [-0.4, -0.2) is 17.7 Å². The van der Waals surface area contributed by atoms with E-state index in [0.717, 1.165) is 16.1 Å². The average Bonchev–Trinajstić information content (AvgIpc) is 3.21. The van der Waals surface area contributed by atoms with Crippen molar-refractivity contribution in [2.45, 2.75) is 6.92 Å². The molecule has 0 saturated heterocycles. The highest BCUT2D eigenvalue weighted by Gasteiger charge is 2.18. The van der Waals surface area contributed by atoms with Crippen LogP contribution in [-0.2, 0) is 0 Å². The number of amides is 1. The molecule has 2 heterocycles. The topological polar surface area (TPSA) is 60.5 Å². The molecule has 0 atom stereocenters. The van der Waals surface area contributed by atoms with E-state index in [1.807, 2.05) is 6.92 Å². The first-order valence-corrected chi connectivity index (χ1v) is 8.36. The second-order valence-corrected chi connectivity index (χ2v) is 6.66. The molecule has 0 aliphatic carbocycles. The lowest BCUT2D eigenvalue weighted by Crippen LogP contribution is -2.11. The van der Waals surface area contributed by atoms with Crippen molar-refractivity contribution in [3.8, 4) is 22.8 Å². The van der Waals surface area contributed by atoms with Gasteiger partial charge in [-0.05, 0) is 49.4 Å². The highest BCUT2D eigenvalue weighted by molar-refractivity contribution is 7.16. The van der Waals surface area contributed by atoms with Gasteiger partial charge in [0.15, 0.2) is 16.6 Å². The van der Waals surface area contributed by atoms with Gasteiger partial charge in [0.05, 0.1) is 5.69 Å². The average molecular weight is 356 g/mol. The zero-order chi connectivity index (χ0) is 17.4. The second kappa shape index (κ2) is 6.18. The molecular formula is C18H13FN2O3S. The summed E-state index contributed by atoms with van der Waals surface area (Å²) in [5.74, 6) is 0.598. The van der Waals surface area contributed by atoms with Crippen LogP contribution in [0.5, 0.6) is 11.5 Å². The van der Waals surface area contributed by atoms with E-state index in [0.29, 0.717) is 22.2 Å². The Kier molecular flexibility index (Phi) is 3.85. The molecular weight excluding hydrogens is 343 g/mol. The molecule has 2 aromatic carbocycles. The summed E-state index contributed by atoms with van der Waals surface area (Å²) in [6.45, 7) is 2.07. The lowest BCUT2D eigenvalue weighted by atomic mass is 10.1. The molecule has 7 heteroatoms. The summed E-state index contributed by atoms with van der Waals surface area (Å²) in [5.41, 5.74) is 1.99. The maximum atomic E-state index is 13.1. The van der Waals surface area contributed by atoms with E-state index in [2.05, 4.69) is 10.3 Å². The Morgan fingerprint density at radius 2 is 1.92 bits per heavy atom. The summed E-state index contributed by atoms with van der Waals surface area (Å²) >= 11 is 1.37. The summed E-state index contributed by atoms with van der Waals surface area (Å²) in [4.78, 5) is 17.8. The fourth-order valence-electron chi connectivity index (χ4n) is 2.53. The Hall–Kier alpha value is -2.93. The van der Waals surface area contributed by atoms with Crippen LogP contribution in [0, 0.1) is 12.7 Å². The summed E-state index contributed by atoms with van der Waals surface area (Å²) < 4.78 is 23.6. The van der Waals surface area contributed by atoms with Gasteiger partial charge in [-0.2, -0.15) is 0 Å². The fraction of sp³-hybridized carbons (Fsp3) is 0.111. The fourth-order valence-corrected chi connectivity index (χ4v) is 3.36. The van der Waals surface area contributed by atoms with E-state index in [-0.39, 0.29) is 18.5 Å². The molecule has 1 amide bonds. The molecule has 0 saturated carbocycles. The van der Waals surface area contributed by atoms with Crippen molar-refractivity contribution in [1.29, 1.82) is 0 Å². The molecule has 1 aromatic heterocycles. The summed E-state index contributed by atoms with van der Waals surface area (Å²) in [7, 11) is 0. The van der Waals surface area contributed by atoms with Crippen molar-refractivity contribution in [2.75, 3.05) is 12.1 Å². The molecule has 1 aliphatic heterocycles. The normalized spacial score (nSPS) is 12.2. The van der Waals surface area contributed by atoms with Gasteiger partial charge < -0.3 is 9.47 Å². The summed E-state index contributed by atoms with van der Waals surface area (Å²) in [6, 6.07) is 11.1. The van der Waals surface area contributed by atoms with E-state index < -0.39 is 0 Å². The van der Waals surface area contributed by atoms with Crippen LogP contribution in [0.2, 0.25) is 0 Å². The van der Waals surface area contributed by atoms with Gasteiger partial charge in [-0.1, -0.05) is 0 Å². The number of benzene rings is 2. The lowest BCUT2D eigenvalue weighted by Gasteiger charge is -2.03. The number of ether oxygens (including phenoxy) is 2.